The third kappa shape index (κ3) is 3.21. The SMILES string of the molecule is C[C@@H]1O[C@H]1CO[C@@H]1O[C@@H]2CO[C@H](c3ccccc3)O[C@@H]2[C@H](O)[C@H]1O. The van der Waals surface area contributed by atoms with Gasteiger partial charge in [-0.2, -0.15) is 0 Å². The number of rotatable bonds is 4. The van der Waals surface area contributed by atoms with Gasteiger partial charge in [-0.05, 0) is 6.92 Å². The minimum atomic E-state index is -1.19. The molecule has 3 fully saturated rings. The molecule has 0 bridgehead atoms. The summed E-state index contributed by atoms with van der Waals surface area (Å²) in [4.78, 5) is 0. The average molecular weight is 338 g/mol. The summed E-state index contributed by atoms with van der Waals surface area (Å²) in [5.41, 5.74) is 0.857. The Kier molecular flexibility index (Phi) is 4.57. The molecule has 0 radical (unpaired) electrons. The van der Waals surface area contributed by atoms with Crippen LogP contribution < -0.4 is 0 Å². The van der Waals surface area contributed by atoms with Gasteiger partial charge in [-0.3, -0.25) is 0 Å². The third-order valence-electron chi connectivity index (χ3n) is 4.67. The van der Waals surface area contributed by atoms with Gasteiger partial charge >= 0.3 is 0 Å². The van der Waals surface area contributed by atoms with Crippen LogP contribution in [0.15, 0.2) is 30.3 Å². The largest absolute Gasteiger partial charge is 0.387 e. The van der Waals surface area contributed by atoms with Gasteiger partial charge in [0.1, 0.15) is 30.5 Å². The second-order valence-electron chi connectivity index (χ2n) is 6.41. The summed E-state index contributed by atoms with van der Waals surface area (Å²) >= 11 is 0. The minimum Gasteiger partial charge on any atom is -0.387 e. The summed E-state index contributed by atoms with van der Waals surface area (Å²) in [6.45, 7) is 2.52. The Labute approximate surface area is 140 Å². The fourth-order valence-electron chi connectivity index (χ4n) is 3.09. The van der Waals surface area contributed by atoms with Crippen molar-refractivity contribution in [2.45, 2.75) is 56.1 Å². The van der Waals surface area contributed by atoms with E-state index in [2.05, 4.69) is 0 Å². The Balaban J connectivity index is 1.39. The molecule has 3 aliphatic heterocycles. The van der Waals surface area contributed by atoms with Crippen molar-refractivity contribution in [1.29, 1.82) is 0 Å². The molecule has 1 aromatic rings. The van der Waals surface area contributed by atoms with E-state index in [1.54, 1.807) is 0 Å². The quantitative estimate of drug-likeness (QED) is 0.766. The van der Waals surface area contributed by atoms with E-state index in [1.165, 1.54) is 0 Å². The smallest absolute Gasteiger partial charge is 0.186 e. The molecule has 0 aliphatic carbocycles. The van der Waals surface area contributed by atoms with Crippen LogP contribution in [0, 0.1) is 0 Å². The van der Waals surface area contributed by atoms with Crippen molar-refractivity contribution >= 4 is 0 Å². The summed E-state index contributed by atoms with van der Waals surface area (Å²) < 4.78 is 28.1. The lowest BCUT2D eigenvalue weighted by Crippen LogP contribution is -2.62. The lowest BCUT2D eigenvalue weighted by Gasteiger charge is -2.46. The summed E-state index contributed by atoms with van der Waals surface area (Å²) in [7, 11) is 0. The molecule has 0 saturated carbocycles. The highest BCUT2D eigenvalue weighted by molar-refractivity contribution is 5.16. The molecule has 3 saturated heterocycles. The molecule has 0 aromatic heterocycles. The molecule has 7 heteroatoms. The van der Waals surface area contributed by atoms with E-state index in [0.29, 0.717) is 6.61 Å². The minimum absolute atomic E-state index is 0.0250. The third-order valence-corrected chi connectivity index (χ3v) is 4.67. The first-order chi connectivity index (χ1) is 11.6. The zero-order chi connectivity index (χ0) is 16.7. The number of hydrogen-bond donors (Lipinski definition) is 2. The standard InChI is InChI=1S/C17H22O7/c1-9-11(22-9)7-21-17-14(19)13(18)15-12(23-17)8-20-16(24-15)10-5-3-2-4-6-10/h2-6,9,11-19H,7-8H2,1H3/t9-,11-,12+,13+,14+,15-,16-,17+/m0/s1. The van der Waals surface area contributed by atoms with E-state index in [1.807, 2.05) is 37.3 Å². The van der Waals surface area contributed by atoms with Crippen molar-refractivity contribution in [3.05, 3.63) is 35.9 Å². The van der Waals surface area contributed by atoms with Crippen LogP contribution in [0.25, 0.3) is 0 Å². The van der Waals surface area contributed by atoms with Crippen molar-refractivity contribution < 1.29 is 33.9 Å². The summed E-state index contributed by atoms with van der Waals surface area (Å²) in [6, 6.07) is 9.47. The highest BCUT2D eigenvalue weighted by Crippen LogP contribution is 2.34. The fraction of sp³-hybridized carbons (Fsp3) is 0.647. The molecule has 8 atom stereocenters. The maximum absolute atomic E-state index is 10.4. The van der Waals surface area contributed by atoms with Gasteiger partial charge in [0, 0.05) is 5.56 Å². The molecule has 24 heavy (non-hydrogen) atoms. The maximum Gasteiger partial charge on any atom is 0.186 e. The molecule has 132 valence electrons. The molecule has 3 heterocycles. The Morgan fingerprint density at radius 3 is 2.54 bits per heavy atom. The molecular formula is C17H22O7. The fourth-order valence-corrected chi connectivity index (χ4v) is 3.09. The van der Waals surface area contributed by atoms with Gasteiger partial charge in [-0.15, -0.1) is 0 Å². The Morgan fingerprint density at radius 2 is 1.83 bits per heavy atom. The highest BCUT2D eigenvalue weighted by Gasteiger charge is 2.49. The Morgan fingerprint density at radius 1 is 1.08 bits per heavy atom. The van der Waals surface area contributed by atoms with E-state index < -0.39 is 37.0 Å². The first-order valence-corrected chi connectivity index (χ1v) is 8.24. The zero-order valence-electron chi connectivity index (χ0n) is 13.4. The van der Waals surface area contributed by atoms with Crippen LogP contribution in [0.5, 0.6) is 0 Å². The number of benzene rings is 1. The van der Waals surface area contributed by atoms with Crippen molar-refractivity contribution in [1.82, 2.24) is 0 Å². The monoisotopic (exact) mass is 338 g/mol. The summed E-state index contributed by atoms with van der Waals surface area (Å²) in [5.74, 6) is 0. The second-order valence-corrected chi connectivity index (χ2v) is 6.41. The van der Waals surface area contributed by atoms with E-state index in [-0.39, 0.29) is 18.8 Å². The van der Waals surface area contributed by atoms with Gasteiger partial charge < -0.3 is 33.9 Å². The van der Waals surface area contributed by atoms with E-state index in [4.69, 9.17) is 23.7 Å². The van der Waals surface area contributed by atoms with Crippen molar-refractivity contribution in [2.24, 2.45) is 0 Å². The van der Waals surface area contributed by atoms with Crippen LogP contribution in [0.3, 0.4) is 0 Å². The molecule has 0 amide bonds. The van der Waals surface area contributed by atoms with E-state index in [9.17, 15) is 10.2 Å². The van der Waals surface area contributed by atoms with E-state index >= 15 is 0 Å². The molecule has 0 unspecified atom stereocenters. The van der Waals surface area contributed by atoms with Gasteiger partial charge in [0.15, 0.2) is 12.6 Å². The predicted molar refractivity (Wildman–Crippen MR) is 81.0 cm³/mol. The van der Waals surface area contributed by atoms with Gasteiger partial charge in [-0.1, -0.05) is 30.3 Å². The van der Waals surface area contributed by atoms with Crippen LogP contribution in [-0.2, 0) is 23.7 Å². The molecule has 1 aromatic carbocycles. The molecule has 4 rings (SSSR count). The number of hydrogen-bond acceptors (Lipinski definition) is 7. The lowest BCUT2D eigenvalue weighted by atomic mass is 9.98. The number of fused-ring (bicyclic) bond motifs is 1. The van der Waals surface area contributed by atoms with Crippen molar-refractivity contribution in [2.75, 3.05) is 13.2 Å². The molecule has 2 N–H and O–H groups in total. The molecule has 7 nitrogen and oxygen atoms in total. The average Bonchev–Trinajstić information content (AvgIpc) is 3.33. The van der Waals surface area contributed by atoms with Gasteiger partial charge in [0.25, 0.3) is 0 Å². The first kappa shape index (κ1) is 16.4. The number of epoxide rings is 1. The molecule has 3 aliphatic rings. The highest BCUT2D eigenvalue weighted by atomic mass is 16.8. The number of ether oxygens (including phenoxy) is 5. The molecule has 0 spiro atoms. The van der Waals surface area contributed by atoms with Crippen LogP contribution in [0.1, 0.15) is 18.8 Å². The van der Waals surface area contributed by atoms with Gasteiger partial charge in [0.05, 0.1) is 19.3 Å². The second kappa shape index (κ2) is 6.68. The molecular weight excluding hydrogens is 316 g/mol. The Bertz CT molecular complexity index is 551. The topological polar surface area (TPSA) is 89.9 Å². The van der Waals surface area contributed by atoms with Gasteiger partial charge in [0.2, 0.25) is 0 Å². The number of aliphatic hydroxyl groups is 2. The maximum atomic E-state index is 10.4. The summed E-state index contributed by atoms with van der Waals surface area (Å²) in [5, 5.41) is 20.7. The van der Waals surface area contributed by atoms with Crippen molar-refractivity contribution in [3.8, 4) is 0 Å². The lowest BCUT2D eigenvalue weighted by molar-refractivity contribution is -0.361. The van der Waals surface area contributed by atoms with Crippen LogP contribution in [-0.4, -0.2) is 66.3 Å². The zero-order valence-corrected chi connectivity index (χ0v) is 13.4. The first-order valence-electron chi connectivity index (χ1n) is 8.24. The summed E-state index contributed by atoms with van der Waals surface area (Å²) in [6.07, 6.45) is -4.78. The van der Waals surface area contributed by atoms with Crippen LogP contribution in [0.4, 0.5) is 0 Å². The van der Waals surface area contributed by atoms with Crippen LogP contribution in [0.2, 0.25) is 0 Å². The van der Waals surface area contributed by atoms with Crippen molar-refractivity contribution in [3.63, 3.8) is 0 Å². The normalized spacial score (nSPS) is 44.8. The number of aliphatic hydroxyl groups excluding tert-OH is 2. The van der Waals surface area contributed by atoms with E-state index in [0.717, 1.165) is 5.56 Å². The predicted octanol–water partition coefficient (Wildman–Crippen LogP) is 0.351. The Hall–Kier alpha value is -1.06. The van der Waals surface area contributed by atoms with Gasteiger partial charge in [-0.25, -0.2) is 0 Å². The van der Waals surface area contributed by atoms with Crippen LogP contribution >= 0.6 is 0 Å².